The number of aromatic carboxylic acids is 1. The Morgan fingerprint density at radius 2 is 1.78 bits per heavy atom. The van der Waals surface area contributed by atoms with Gasteiger partial charge in [0.1, 0.15) is 0 Å². The van der Waals surface area contributed by atoms with E-state index in [1.54, 1.807) is 17.0 Å². The fraction of sp³-hybridized carbons (Fsp3) is 0.429. The van der Waals surface area contributed by atoms with Crippen molar-refractivity contribution in [2.45, 2.75) is 33.2 Å². The maximum atomic E-state index is 12.3. The molecule has 1 aromatic rings. The third kappa shape index (κ3) is 3.09. The van der Waals surface area contributed by atoms with E-state index in [0.29, 0.717) is 12.1 Å². The van der Waals surface area contributed by atoms with Gasteiger partial charge in [0.2, 0.25) is 0 Å². The molecule has 1 rings (SSSR count). The van der Waals surface area contributed by atoms with Gasteiger partial charge in [-0.1, -0.05) is 6.07 Å². The van der Waals surface area contributed by atoms with E-state index in [-0.39, 0.29) is 17.0 Å². The topological polar surface area (TPSA) is 57.6 Å². The Kier molecular flexibility index (Phi) is 4.11. The van der Waals surface area contributed by atoms with Crippen LogP contribution in [0.2, 0.25) is 0 Å². The number of carboxylic acids is 1. The zero-order valence-corrected chi connectivity index (χ0v) is 11.2. The summed E-state index contributed by atoms with van der Waals surface area (Å²) in [6.45, 7) is 8.35. The van der Waals surface area contributed by atoms with Crippen molar-refractivity contribution >= 4 is 11.9 Å². The molecule has 4 nitrogen and oxygen atoms in total. The van der Waals surface area contributed by atoms with E-state index in [4.69, 9.17) is 5.11 Å². The molecular formula is C14H19NO3. The lowest BCUT2D eigenvalue weighted by molar-refractivity contribution is 0.0599. The van der Waals surface area contributed by atoms with Crippen LogP contribution in [0.1, 0.15) is 48.4 Å². The Balaban J connectivity index is 3.10. The molecule has 0 saturated heterocycles. The van der Waals surface area contributed by atoms with Crippen LogP contribution in [-0.2, 0) is 0 Å². The first kappa shape index (κ1) is 14.2. The van der Waals surface area contributed by atoms with Crippen molar-refractivity contribution in [3.63, 3.8) is 0 Å². The molecule has 0 radical (unpaired) electrons. The van der Waals surface area contributed by atoms with Gasteiger partial charge in [-0.05, 0) is 45.9 Å². The SMILES string of the molecule is CCN(C(=O)c1cccc(C(=O)O)c1)C(C)(C)C. The first-order valence-electron chi connectivity index (χ1n) is 5.92. The summed E-state index contributed by atoms with van der Waals surface area (Å²) < 4.78 is 0. The van der Waals surface area contributed by atoms with Gasteiger partial charge in [-0.25, -0.2) is 4.79 Å². The number of benzene rings is 1. The van der Waals surface area contributed by atoms with Crippen molar-refractivity contribution in [3.8, 4) is 0 Å². The Bertz CT molecular complexity index is 460. The molecule has 4 heteroatoms. The van der Waals surface area contributed by atoms with Crippen LogP contribution in [0.3, 0.4) is 0 Å². The minimum atomic E-state index is -1.02. The molecule has 0 bridgehead atoms. The fourth-order valence-corrected chi connectivity index (χ4v) is 1.86. The molecule has 0 atom stereocenters. The number of carboxylic acid groups (broad SMARTS) is 1. The zero-order valence-electron chi connectivity index (χ0n) is 11.2. The molecule has 0 fully saturated rings. The highest BCUT2D eigenvalue weighted by molar-refractivity contribution is 5.97. The number of carbonyl (C=O) groups excluding carboxylic acids is 1. The quantitative estimate of drug-likeness (QED) is 0.895. The second kappa shape index (κ2) is 5.21. The van der Waals surface area contributed by atoms with Crippen molar-refractivity contribution in [1.29, 1.82) is 0 Å². The van der Waals surface area contributed by atoms with Crippen molar-refractivity contribution in [1.82, 2.24) is 4.90 Å². The maximum Gasteiger partial charge on any atom is 0.335 e. The number of hydrogen-bond donors (Lipinski definition) is 1. The molecule has 1 N–H and O–H groups in total. The minimum Gasteiger partial charge on any atom is -0.478 e. The lowest BCUT2D eigenvalue weighted by Gasteiger charge is -2.35. The Hall–Kier alpha value is -1.84. The Labute approximate surface area is 107 Å². The molecule has 0 aliphatic carbocycles. The van der Waals surface area contributed by atoms with Gasteiger partial charge in [-0.3, -0.25) is 4.79 Å². The van der Waals surface area contributed by atoms with Gasteiger partial charge in [-0.15, -0.1) is 0 Å². The van der Waals surface area contributed by atoms with Crippen LogP contribution in [0, 0.1) is 0 Å². The van der Waals surface area contributed by atoms with Crippen LogP contribution >= 0.6 is 0 Å². The summed E-state index contributed by atoms with van der Waals surface area (Å²) in [7, 11) is 0. The molecule has 0 spiro atoms. The van der Waals surface area contributed by atoms with Crippen molar-refractivity contribution in [3.05, 3.63) is 35.4 Å². The van der Waals surface area contributed by atoms with E-state index in [2.05, 4.69) is 0 Å². The van der Waals surface area contributed by atoms with Gasteiger partial charge in [0.25, 0.3) is 5.91 Å². The molecule has 0 heterocycles. The maximum absolute atomic E-state index is 12.3. The molecule has 0 saturated carbocycles. The highest BCUT2D eigenvalue weighted by Crippen LogP contribution is 2.17. The third-order valence-electron chi connectivity index (χ3n) is 2.73. The fourth-order valence-electron chi connectivity index (χ4n) is 1.86. The number of hydrogen-bond acceptors (Lipinski definition) is 2. The number of amides is 1. The summed E-state index contributed by atoms with van der Waals surface area (Å²) in [5.74, 6) is -1.17. The summed E-state index contributed by atoms with van der Waals surface area (Å²) in [5, 5.41) is 8.92. The first-order valence-corrected chi connectivity index (χ1v) is 5.92. The van der Waals surface area contributed by atoms with Gasteiger partial charge >= 0.3 is 5.97 Å². The molecule has 1 aromatic carbocycles. The van der Waals surface area contributed by atoms with Crippen LogP contribution < -0.4 is 0 Å². The smallest absolute Gasteiger partial charge is 0.335 e. The largest absolute Gasteiger partial charge is 0.478 e. The van der Waals surface area contributed by atoms with Crippen LogP contribution in [-0.4, -0.2) is 34.0 Å². The third-order valence-corrected chi connectivity index (χ3v) is 2.73. The molecule has 18 heavy (non-hydrogen) atoms. The van der Waals surface area contributed by atoms with Crippen molar-refractivity contribution < 1.29 is 14.7 Å². The second-order valence-corrected chi connectivity index (χ2v) is 5.11. The van der Waals surface area contributed by atoms with E-state index in [1.807, 2.05) is 27.7 Å². The van der Waals surface area contributed by atoms with Crippen molar-refractivity contribution in [2.24, 2.45) is 0 Å². The van der Waals surface area contributed by atoms with Gasteiger partial charge in [0.15, 0.2) is 0 Å². The highest BCUT2D eigenvalue weighted by Gasteiger charge is 2.26. The van der Waals surface area contributed by atoms with Crippen LogP contribution in [0.5, 0.6) is 0 Å². The summed E-state index contributed by atoms with van der Waals surface area (Å²) in [6.07, 6.45) is 0. The highest BCUT2D eigenvalue weighted by atomic mass is 16.4. The van der Waals surface area contributed by atoms with Gasteiger partial charge < -0.3 is 10.0 Å². The second-order valence-electron chi connectivity index (χ2n) is 5.11. The molecule has 1 amide bonds. The summed E-state index contributed by atoms with van der Waals surface area (Å²) in [5.41, 5.74) is 0.253. The molecule has 0 unspecified atom stereocenters. The van der Waals surface area contributed by atoms with Crippen LogP contribution in [0.4, 0.5) is 0 Å². The van der Waals surface area contributed by atoms with Crippen molar-refractivity contribution in [2.75, 3.05) is 6.54 Å². The normalized spacial score (nSPS) is 11.1. The van der Waals surface area contributed by atoms with Gasteiger partial charge in [0.05, 0.1) is 5.56 Å². The summed E-state index contributed by atoms with van der Waals surface area (Å²) >= 11 is 0. The predicted octanol–water partition coefficient (Wildman–Crippen LogP) is 2.65. The average molecular weight is 249 g/mol. The summed E-state index contributed by atoms with van der Waals surface area (Å²) in [6, 6.07) is 6.13. The van der Waals surface area contributed by atoms with E-state index in [0.717, 1.165) is 0 Å². The van der Waals surface area contributed by atoms with Gasteiger partial charge in [-0.2, -0.15) is 0 Å². The molecule has 0 aliphatic heterocycles. The van der Waals surface area contributed by atoms with E-state index < -0.39 is 5.97 Å². The lowest BCUT2D eigenvalue weighted by atomic mass is 10.0. The molecule has 98 valence electrons. The minimum absolute atomic E-state index is 0.130. The van der Waals surface area contributed by atoms with E-state index in [9.17, 15) is 9.59 Å². The average Bonchev–Trinajstić information content (AvgIpc) is 2.28. The Morgan fingerprint density at radius 1 is 1.22 bits per heavy atom. The standard InChI is InChI=1S/C14H19NO3/c1-5-15(14(2,3)4)12(16)10-7-6-8-11(9-10)13(17)18/h6-9H,5H2,1-4H3,(H,17,18). The van der Waals surface area contributed by atoms with Crippen LogP contribution in [0.25, 0.3) is 0 Å². The van der Waals surface area contributed by atoms with Crippen LogP contribution in [0.15, 0.2) is 24.3 Å². The van der Waals surface area contributed by atoms with Gasteiger partial charge in [0, 0.05) is 17.6 Å². The van der Waals surface area contributed by atoms with E-state index in [1.165, 1.54) is 12.1 Å². The first-order chi connectivity index (χ1) is 8.27. The number of carbonyl (C=O) groups is 2. The predicted molar refractivity (Wildman–Crippen MR) is 69.9 cm³/mol. The zero-order chi connectivity index (χ0) is 13.9. The lowest BCUT2D eigenvalue weighted by Crippen LogP contribution is -2.45. The molecule has 0 aromatic heterocycles. The molecular weight excluding hydrogens is 230 g/mol. The Morgan fingerprint density at radius 3 is 2.22 bits per heavy atom. The number of rotatable bonds is 3. The molecule has 0 aliphatic rings. The number of nitrogens with zero attached hydrogens (tertiary/aromatic N) is 1. The summed E-state index contributed by atoms with van der Waals surface area (Å²) in [4.78, 5) is 24.9. The monoisotopic (exact) mass is 249 g/mol. The van der Waals surface area contributed by atoms with E-state index >= 15 is 0 Å².